The third-order valence-electron chi connectivity index (χ3n) is 4.23. The fourth-order valence-corrected chi connectivity index (χ4v) is 7.50. The maximum Gasteiger partial charge on any atom is 0.409 e. The van der Waals surface area contributed by atoms with E-state index in [1.54, 1.807) is 0 Å². The van der Waals surface area contributed by atoms with E-state index in [-0.39, 0.29) is 0 Å². The third kappa shape index (κ3) is 3.05. The van der Waals surface area contributed by atoms with Gasteiger partial charge in [-0.25, -0.2) is 0 Å². The van der Waals surface area contributed by atoms with Gasteiger partial charge in [-0.15, -0.1) is 0 Å². The molecule has 0 spiro atoms. The van der Waals surface area contributed by atoms with Gasteiger partial charge in [0.25, 0.3) is 0 Å². The van der Waals surface area contributed by atoms with Gasteiger partial charge in [0.05, 0.1) is 13.1 Å². The highest BCUT2D eigenvalue weighted by Gasteiger charge is 2.50. The molecule has 2 radical (unpaired) electrons. The van der Waals surface area contributed by atoms with Crippen molar-refractivity contribution in [1.82, 2.24) is 9.34 Å². The Morgan fingerprint density at radius 2 is 1.24 bits per heavy atom. The Morgan fingerprint density at radius 3 is 1.53 bits per heavy atom. The molecule has 0 saturated heterocycles. The van der Waals surface area contributed by atoms with Crippen LogP contribution in [-0.2, 0) is 0 Å². The molecule has 2 nitrogen and oxygen atoms in total. The second-order valence-electron chi connectivity index (χ2n) is 4.92. The van der Waals surface area contributed by atoms with Crippen molar-refractivity contribution in [3.8, 4) is 0 Å². The maximum atomic E-state index is 7.00. The first kappa shape index (κ1) is 15.5. The lowest BCUT2D eigenvalue weighted by Gasteiger charge is -2.44. The van der Waals surface area contributed by atoms with Gasteiger partial charge in [-0.1, -0.05) is 0 Å². The molecule has 0 aromatic carbocycles. The van der Waals surface area contributed by atoms with Gasteiger partial charge >= 0.3 is 7.57 Å². The predicted molar refractivity (Wildman–Crippen MR) is 80.8 cm³/mol. The van der Waals surface area contributed by atoms with Gasteiger partial charge in [0.15, 0.2) is 0 Å². The molecule has 1 fully saturated rings. The lowest BCUT2D eigenvalue weighted by Crippen LogP contribution is -2.41. The van der Waals surface area contributed by atoms with Crippen molar-refractivity contribution < 1.29 is 0 Å². The van der Waals surface area contributed by atoms with E-state index in [1.807, 2.05) is 0 Å². The van der Waals surface area contributed by atoms with E-state index in [1.165, 1.54) is 25.7 Å². The molecule has 98 valence electrons. The van der Waals surface area contributed by atoms with Crippen LogP contribution in [0.15, 0.2) is 0 Å². The summed E-state index contributed by atoms with van der Waals surface area (Å²) in [6.07, 6.45) is 5.45. The average molecular weight is 255 g/mol. The molecule has 1 saturated carbocycles. The molecule has 0 amide bonds. The van der Waals surface area contributed by atoms with E-state index in [2.05, 4.69) is 37.0 Å². The van der Waals surface area contributed by atoms with Crippen LogP contribution < -0.4 is 0 Å². The smallest absolute Gasteiger partial charge is 0.181 e. The van der Waals surface area contributed by atoms with Gasteiger partial charge in [-0.2, -0.15) is 9.34 Å². The first-order chi connectivity index (χ1) is 8.14. The third-order valence-corrected chi connectivity index (χ3v) is 8.76. The summed E-state index contributed by atoms with van der Waals surface area (Å²) in [5.74, 6) is 0. The Morgan fingerprint density at radius 1 is 0.882 bits per heavy atom. The molecule has 0 N–H and O–H groups in total. The molecule has 4 heteroatoms. The van der Waals surface area contributed by atoms with Crippen LogP contribution in [0.25, 0.3) is 0 Å². The van der Waals surface area contributed by atoms with Crippen LogP contribution in [0.2, 0.25) is 0 Å². The quantitative estimate of drug-likeness (QED) is 0.507. The zero-order valence-corrected chi connectivity index (χ0v) is 13.0. The molecule has 0 unspecified atom stereocenters. The predicted octanol–water partition coefficient (Wildman–Crippen LogP) is 3.54. The molecule has 1 aliphatic rings. The number of rotatable bonds is 7. The molecule has 0 atom stereocenters. The summed E-state index contributed by atoms with van der Waals surface area (Å²) >= 11 is 0. The lowest BCUT2D eigenvalue weighted by atomic mass is 10.4. The largest absolute Gasteiger partial charge is 0.409 e. The Balaban J connectivity index is 2.96. The molecule has 0 aromatic rings. The minimum atomic E-state index is -1.57. The van der Waals surface area contributed by atoms with Crippen molar-refractivity contribution in [2.24, 2.45) is 0 Å². The Labute approximate surface area is 110 Å². The monoisotopic (exact) mass is 255 g/mol. The maximum absolute atomic E-state index is 7.00. The van der Waals surface area contributed by atoms with Crippen LogP contribution >= 0.6 is 7.44 Å². The Kier molecular flexibility index (Phi) is 6.48. The van der Waals surface area contributed by atoms with Crippen LogP contribution in [0, 0.1) is 0 Å². The van der Waals surface area contributed by atoms with E-state index in [9.17, 15) is 0 Å². The fourth-order valence-electron chi connectivity index (χ4n) is 3.28. The van der Waals surface area contributed by atoms with Crippen molar-refractivity contribution in [2.75, 3.05) is 26.2 Å². The first-order valence-corrected chi connectivity index (χ1v) is 9.16. The van der Waals surface area contributed by atoms with Gasteiger partial charge < -0.3 is 0 Å². The summed E-state index contributed by atoms with van der Waals surface area (Å²) in [6, 6.07) is 0. The van der Waals surface area contributed by atoms with E-state index < -0.39 is 7.44 Å². The second-order valence-corrected chi connectivity index (χ2v) is 8.18. The molecule has 0 aliphatic heterocycles. The molecule has 0 aromatic heterocycles. The molecule has 0 heterocycles. The van der Waals surface area contributed by atoms with Crippen LogP contribution in [0.5, 0.6) is 0 Å². The standard InChI is InChI=1S/C13H29BN2P/c1-5-15(6-2)17(14,16(7-3)8-4)13-11-9-10-12-13/h13H,5-12H2,1-4H3/q+1. The molecule has 1 rings (SSSR count). The average Bonchev–Trinajstić information content (AvgIpc) is 2.86. The van der Waals surface area contributed by atoms with Gasteiger partial charge in [-0.3, -0.25) is 0 Å². The van der Waals surface area contributed by atoms with E-state index in [0.717, 1.165) is 31.8 Å². The van der Waals surface area contributed by atoms with Gasteiger partial charge in [0, 0.05) is 26.2 Å². The van der Waals surface area contributed by atoms with Crippen molar-refractivity contribution >= 4 is 15.0 Å². The first-order valence-electron chi connectivity index (χ1n) is 7.33. The number of hydrogen-bond acceptors (Lipinski definition) is 2. The highest BCUT2D eigenvalue weighted by Crippen LogP contribution is 2.67. The summed E-state index contributed by atoms with van der Waals surface area (Å²) in [7, 11) is 5.43. The highest BCUT2D eigenvalue weighted by molar-refractivity contribution is 7.94. The zero-order valence-electron chi connectivity index (χ0n) is 12.2. The van der Waals surface area contributed by atoms with Crippen molar-refractivity contribution in [3.63, 3.8) is 0 Å². The van der Waals surface area contributed by atoms with E-state index in [0.29, 0.717) is 0 Å². The summed E-state index contributed by atoms with van der Waals surface area (Å²) in [6.45, 7) is 13.4. The number of hydrogen-bond donors (Lipinski definition) is 0. The van der Waals surface area contributed by atoms with Crippen LogP contribution in [0.1, 0.15) is 53.4 Å². The molecular formula is C13H29BN2P+. The van der Waals surface area contributed by atoms with Crippen molar-refractivity contribution in [2.45, 2.75) is 59.0 Å². The molecule has 1 aliphatic carbocycles. The van der Waals surface area contributed by atoms with Crippen LogP contribution in [0.4, 0.5) is 0 Å². The Bertz CT molecular complexity index is 194. The van der Waals surface area contributed by atoms with Gasteiger partial charge in [-0.05, 0) is 53.4 Å². The van der Waals surface area contributed by atoms with E-state index in [4.69, 9.17) is 7.57 Å². The normalized spacial score (nSPS) is 18.5. The van der Waals surface area contributed by atoms with Crippen molar-refractivity contribution in [1.29, 1.82) is 0 Å². The van der Waals surface area contributed by atoms with E-state index >= 15 is 0 Å². The zero-order chi connectivity index (χ0) is 12.9. The number of nitrogens with zero attached hydrogens (tertiary/aromatic N) is 2. The van der Waals surface area contributed by atoms with Gasteiger partial charge in [0.2, 0.25) is 0 Å². The SMILES string of the molecule is [B][P+](C1CCCC1)(N(CC)CC)N(CC)CC. The fraction of sp³-hybridized carbons (Fsp3) is 1.00. The highest BCUT2D eigenvalue weighted by atomic mass is 31.2. The van der Waals surface area contributed by atoms with Crippen LogP contribution in [-0.4, -0.2) is 48.7 Å². The lowest BCUT2D eigenvalue weighted by molar-refractivity contribution is 0.407. The minimum absolute atomic E-state index is 0.752. The minimum Gasteiger partial charge on any atom is -0.181 e. The second kappa shape index (κ2) is 7.11. The van der Waals surface area contributed by atoms with Crippen molar-refractivity contribution in [3.05, 3.63) is 0 Å². The van der Waals surface area contributed by atoms with Crippen LogP contribution in [0.3, 0.4) is 0 Å². The topological polar surface area (TPSA) is 6.48 Å². The molecular weight excluding hydrogens is 226 g/mol. The van der Waals surface area contributed by atoms with Gasteiger partial charge in [0.1, 0.15) is 0 Å². The summed E-state index contributed by atoms with van der Waals surface area (Å²) in [4.78, 5) is 0. The summed E-state index contributed by atoms with van der Waals surface area (Å²) in [5.41, 5.74) is 0.752. The summed E-state index contributed by atoms with van der Waals surface area (Å²) in [5, 5.41) is 0. The Hall–Kier alpha value is 0.415. The molecule has 0 bridgehead atoms. The summed E-state index contributed by atoms with van der Waals surface area (Å²) < 4.78 is 5.13. The molecule has 17 heavy (non-hydrogen) atoms.